The summed E-state index contributed by atoms with van der Waals surface area (Å²) in [5.41, 5.74) is 17.5. The summed E-state index contributed by atoms with van der Waals surface area (Å²) < 4.78 is 0. The number of aromatic hydroxyl groups is 2. The van der Waals surface area contributed by atoms with Crippen LogP contribution in [0.2, 0.25) is 0 Å². The number of nitrogens with one attached hydrogen (secondary N) is 1. The molecule has 0 aliphatic carbocycles. The summed E-state index contributed by atoms with van der Waals surface area (Å²) in [6.07, 6.45) is 3.19. The van der Waals surface area contributed by atoms with Gasteiger partial charge in [-0.25, -0.2) is 0 Å². The Balaban J connectivity index is 1.69. The molecule has 2 aromatic rings. The van der Waals surface area contributed by atoms with Gasteiger partial charge in [0.25, 0.3) is 0 Å². The molecule has 34 heavy (non-hydrogen) atoms. The Morgan fingerprint density at radius 2 is 1.06 bits per heavy atom. The molecule has 0 spiro atoms. The zero-order valence-electron chi connectivity index (χ0n) is 20.9. The van der Waals surface area contributed by atoms with E-state index >= 15 is 0 Å². The standard InChI is InChI=1S/C27H43N5O2/c1-20-12-22(16-28)26(33)24(14-20)18-31-8-3-6-30-7-4-9-32(11-5-10-31)19-25-15-21(2)13-23(17-29)27(25)34/h12-15,30,33-34H,3-11,16-19,28-29H2,1-2H3. The van der Waals surface area contributed by atoms with Gasteiger partial charge in [0.1, 0.15) is 11.5 Å². The normalized spacial score (nSPS) is 17.3. The summed E-state index contributed by atoms with van der Waals surface area (Å²) in [6, 6.07) is 8.08. The second-order valence-electron chi connectivity index (χ2n) is 9.63. The van der Waals surface area contributed by atoms with Crippen LogP contribution in [0.4, 0.5) is 0 Å². The molecule has 1 aliphatic heterocycles. The van der Waals surface area contributed by atoms with Gasteiger partial charge in [-0.1, -0.05) is 35.4 Å². The molecule has 0 radical (unpaired) electrons. The molecule has 2 aromatic carbocycles. The predicted molar refractivity (Wildman–Crippen MR) is 139 cm³/mol. The summed E-state index contributed by atoms with van der Waals surface area (Å²) in [5, 5.41) is 24.9. The van der Waals surface area contributed by atoms with Crippen molar-refractivity contribution >= 4 is 0 Å². The van der Waals surface area contributed by atoms with E-state index in [-0.39, 0.29) is 0 Å². The van der Waals surface area contributed by atoms with Gasteiger partial charge >= 0.3 is 0 Å². The predicted octanol–water partition coefficient (Wildman–Crippen LogP) is 2.71. The van der Waals surface area contributed by atoms with Crippen molar-refractivity contribution in [2.45, 2.75) is 59.3 Å². The van der Waals surface area contributed by atoms with Gasteiger partial charge in [0.15, 0.2) is 0 Å². The number of aryl methyl sites for hydroxylation is 2. The first-order valence-electron chi connectivity index (χ1n) is 12.6. The second kappa shape index (κ2) is 13.1. The highest BCUT2D eigenvalue weighted by Gasteiger charge is 2.16. The van der Waals surface area contributed by atoms with E-state index in [1.807, 2.05) is 12.1 Å². The maximum atomic E-state index is 10.7. The molecule has 0 amide bonds. The fraction of sp³-hybridized carbons (Fsp3) is 0.556. The summed E-state index contributed by atoms with van der Waals surface area (Å²) >= 11 is 0. The average Bonchev–Trinajstić information content (AvgIpc) is 2.80. The topological polar surface area (TPSA) is 111 Å². The van der Waals surface area contributed by atoms with Gasteiger partial charge in [-0.05, 0) is 72.4 Å². The first-order valence-corrected chi connectivity index (χ1v) is 12.6. The van der Waals surface area contributed by atoms with E-state index in [2.05, 4.69) is 41.1 Å². The highest BCUT2D eigenvalue weighted by molar-refractivity contribution is 5.44. The highest BCUT2D eigenvalue weighted by atomic mass is 16.3. The van der Waals surface area contributed by atoms with Gasteiger partial charge in [0, 0.05) is 48.4 Å². The Hall–Kier alpha value is -2.16. The molecule has 1 aliphatic rings. The fourth-order valence-electron chi connectivity index (χ4n) is 4.94. The minimum absolute atomic E-state index is 0.338. The summed E-state index contributed by atoms with van der Waals surface area (Å²) in [5.74, 6) is 0.675. The van der Waals surface area contributed by atoms with Crippen LogP contribution in [-0.4, -0.2) is 59.3 Å². The van der Waals surface area contributed by atoms with Crippen molar-refractivity contribution in [2.75, 3.05) is 39.3 Å². The molecule has 0 saturated carbocycles. The lowest BCUT2D eigenvalue weighted by Gasteiger charge is -2.28. The monoisotopic (exact) mass is 469 g/mol. The number of benzene rings is 2. The molecule has 7 heteroatoms. The van der Waals surface area contributed by atoms with Crippen molar-refractivity contribution in [3.63, 3.8) is 0 Å². The molecule has 3 rings (SSSR count). The van der Waals surface area contributed by atoms with Gasteiger partial charge < -0.3 is 27.0 Å². The van der Waals surface area contributed by atoms with E-state index in [0.29, 0.717) is 24.6 Å². The zero-order chi connectivity index (χ0) is 24.5. The van der Waals surface area contributed by atoms with Crippen molar-refractivity contribution in [3.05, 3.63) is 57.6 Å². The highest BCUT2D eigenvalue weighted by Crippen LogP contribution is 2.27. The van der Waals surface area contributed by atoms with Crippen molar-refractivity contribution in [1.82, 2.24) is 15.1 Å². The van der Waals surface area contributed by atoms with Crippen molar-refractivity contribution in [1.29, 1.82) is 0 Å². The quantitative estimate of drug-likeness (QED) is 0.442. The lowest BCUT2D eigenvalue weighted by molar-refractivity contribution is 0.206. The van der Waals surface area contributed by atoms with Crippen LogP contribution in [0.3, 0.4) is 0 Å². The van der Waals surface area contributed by atoms with Gasteiger partial charge in [0.2, 0.25) is 0 Å². The molecule has 188 valence electrons. The van der Waals surface area contributed by atoms with E-state index in [9.17, 15) is 10.2 Å². The lowest BCUT2D eigenvalue weighted by atomic mass is 10.0. The van der Waals surface area contributed by atoms with Crippen molar-refractivity contribution in [3.8, 4) is 11.5 Å². The van der Waals surface area contributed by atoms with Crippen LogP contribution >= 0.6 is 0 Å². The number of rotatable bonds is 6. The van der Waals surface area contributed by atoms with Crippen LogP contribution in [0.25, 0.3) is 0 Å². The van der Waals surface area contributed by atoms with Crippen LogP contribution in [0.15, 0.2) is 24.3 Å². The van der Waals surface area contributed by atoms with Crippen molar-refractivity contribution < 1.29 is 10.2 Å². The molecule has 7 nitrogen and oxygen atoms in total. The van der Waals surface area contributed by atoms with Gasteiger partial charge in [-0.3, -0.25) is 9.80 Å². The first-order chi connectivity index (χ1) is 16.4. The summed E-state index contributed by atoms with van der Waals surface area (Å²) in [4.78, 5) is 4.87. The van der Waals surface area contributed by atoms with Crippen LogP contribution in [-0.2, 0) is 26.2 Å². The first kappa shape index (κ1) is 26.4. The fourth-order valence-corrected chi connectivity index (χ4v) is 4.94. The number of phenolic OH excluding ortho intramolecular Hbond substituents is 2. The Morgan fingerprint density at radius 1 is 0.676 bits per heavy atom. The maximum Gasteiger partial charge on any atom is 0.124 e. The molecule has 0 aromatic heterocycles. The van der Waals surface area contributed by atoms with Crippen LogP contribution in [0, 0.1) is 13.8 Å². The van der Waals surface area contributed by atoms with Crippen LogP contribution < -0.4 is 16.8 Å². The van der Waals surface area contributed by atoms with E-state index in [4.69, 9.17) is 11.5 Å². The van der Waals surface area contributed by atoms with E-state index < -0.39 is 0 Å². The Labute approximate surface area is 204 Å². The van der Waals surface area contributed by atoms with E-state index in [1.54, 1.807) is 0 Å². The van der Waals surface area contributed by atoms with Gasteiger partial charge in [-0.15, -0.1) is 0 Å². The number of hydrogen-bond acceptors (Lipinski definition) is 7. The summed E-state index contributed by atoms with van der Waals surface area (Å²) in [7, 11) is 0. The molecule has 0 atom stereocenters. The lowest BCUT2D eigenvalue weighted by Crippen LogP contribution is -2.34. The molecule has 1 saturated heterocycles. The third-order valence-corrected chi connectivity index (χ3v) is 6.66. The molecule has 0 bridgehead atoms. The van der Waals surface area contributed by atoms with Crippen LogP contribution in [0.5, 0.6) is 11.5 Å². The second-order valence-corrected chi connectivity index (χ2v) is 9.63. The SMILES string of the molecule is Cc1cc(CN)c(O)c(CN2CCCNCCCN(Cc3cc(C)cc(CN)c3O)CCC2)c1. The molecular weight excluding hydrogens is 426 g/mol. The van der Waals surface area contributed by atoms with Gasteiger partial charge in [0.05, 0.1) is 0 Å². The Kier molecular flexibility index (Phi) is 10.2. The number of nitrogens with two attached hydrogens (primary N) is 2. The molecule has 7 N–H and O–H groups in total. The smallest absolute Gasteiger partial charge is 0.124 e. The summed E-state index contributed by atoms with van der Waals surface area (Å²) in [6.45, 7) is 12.1. The minimum atomic E-state index is 0.338. The Bertz CT molecular complexity index is 860. The maximum absolute atomic E-state index is 10.7. The van der Waals surface area contributed by atoms with E-state index in [0.717, 1.165) is 105 Å². The third kappa shape index (κ3) is 7.42. The van der Waals surface area contributed by atoms with E-state index in [1.165, 1.54) is 0 Å². The minimum Gasteiger partial charge on any atom is -0.507 e. The van der Waals surface area contributed by atoms with Crippen LogP contribution in [0.1, 0.15) is 52.6 Å². The Morgan fingerprint density at radius 3 is 1.47 bits per heavy atom. The molecular formula is C27H43N5O2. The largest absolute Gasteiger partial charge is 0.507 e. The average molecular weight is 470 g/mol. The molecule has 1 fully saturated rings. The molecule has 1 heterocycles. The third-order valence-electron chi connectivity index (χ3n) is 6.66. The number of phenols is 2. The van der Waals surface area contributed by atoms with Crippen molar-refractivity contribution in [2.24, 2.45) is 11.5 Å². The zero-order valence-corrected chi connectivity index (χ0v) is 20.9. The molecule has 0 unspecified atom stereocenters. The number of hydrogen-bond donors (Lipinski definition) is 5. The number of nitrogens with zero attached hydrogens (tertiary/aromatic N) is 2. The van der Waals surface area contributed by atoms with Gasteiger partial charge in [-0.2, -0.15) is 0 Å².